The Kier molecular flexibility index (Phi) is 12.0. The second-order valence-corrected chi connectivity index (χ2v) is 10.8. The molecule has 0 spiro atoms. The molecule has 4 rings (SSSR count). The Bertz CT molecular complexity index is 1600. The minimum absolute atomic E-state index is 0.0333. The number of fused-ring (bicyclic) bond motifs is 1. The number of unbranched alkanes of at least 4 members (excludes halogenated alkanes) is 1. The second kappa shape index (κ2) is 16.3. The number of aryl methyl sites for hydroxylation is 1. The summed E-state index contributed by atoms with van der Waals surface area (Å²) in [5.74, 6) is -0.203. The third-order valence-corrected chi connectivity index (χ3v) is 7.46. The number of imidazole rings is 1. The number of nitrogens with one attached hydrogen (secondary N) is 1. The van der Waals surface area contributed by atoms with Gasteiger partial charge in [0.05, 0.1) is 26.7 Å². The summed E-state index contributed by atoms with van der Waals surface area (Å²) in [4.78, 5) is 57.6. The van der Waals surface area contributed by atoms with E-state index in [2.05, 4.69) is 31.8 Å². The number of ether oxygens (including phenoxy) is 2. The molecule has 1 aromatic carbocycles. The van der Waals surface area contributed by atoms with Gasteiger partial charge in [0.1, 0.15) is 5.52 Å². The molecule has 0 aliphatic rings. The van der Waals surface area contributed by atoms with Crippen molar-refractivity contribution in [1.29, 1.82) is 0 Å². The monoisotopic (exact) mass is 618 g/mol. The zero-order valence-corrected chi connectivity index (χ0v) is 26.2. The maximum atomic E-state index is 13.7. The number of nitrogen functional groups attached to an aromatic ring is 1. The Morgan fingerprint density at radius 2 is 1.69 bits per heavy atom. The van der Waals surface area contributed by atoms with Crippen LogP contribution in [0.4, 0.5) is 5.82 Å². The summed E-state index contributed by atoms with van der Waals surface area (Å²) in [5.41, 5.74) is 9.30. The lowest BCUT2D eigenvalue weighted by atomic mass is 10.1. The van der Waals surface area contributed by atoms with E-state index in [1.54, 1.807) is 17.3 Å². The summed E-state index contributed by atoms with van der Waals surface area (Å²) in [6.45, 7) is 7.15. The second-order valence-electron chi connectivity index (χ2n) is 10.8. The predicted molar refractivity (Wildman–Crippen MR) is 170 cm³/mol. The van der Waals surface area contributed by atoms with E-state index in [0.717, 1.165) is 29.5 Å². The Morgan fingerprint density at radius 3 is 2.38 bits per heavy atom. The average Bonchev–Trinajstić information content (AvgIpc) is 3.36. The molecular formula is C32H42N8O5. The Hall–Kier alpha value is -4.78. The van der Waals surface area contributed by atoms with Crippen LogP contribution in [0.15, 0.2) is 53.6 Å². The van der Waals surface area contributed by atoms with Crippen molar-refractivity contribution in [3.63, 3.8) is 0 Å². The Labute approximate surface area is 262 Å². The Balaban J connectivity index is 1.50. The summed E-state index contributed by atoms with van der Waals surface area (Å²) in [6, 6.07) is 11.6. The van der Waals surface area contributed by atoms with E-state index in [1.807, 2.05) is 43.3 Å². The summed E-state index contributed by atoms with van der Waals surface area (Å²) >= 11 is 0. The fourth-order valence-corrected chi connectivity index (χ4v) is 4.86. The van der Waals surface area contributed by atoms with E-state index in [0.29, 0.717) is 56.9 Å². The van der Waals surface area contributed by atoms with Gasteiger partial charge >= 0.3 is 17.7 Å². The summed E-state index contributed by atoms with van der Waals surface area (Å²) in [6.07, 6.45) is 5.96. The van der Waals surface area contributed by atoms with Crippen molar-refractivity contribution >= 4 is 28.9 Å². The van der Waals surface area contributed by atoms with Crippen molar-refractivity contribution < 1.29 is 19.1 Å². The van der Waals surface area contributed by atoms with E-state index < -0.39 is 0 Å². The van der Waals surface area contributed by atoms with Gasteiger partial charge in [-0.2, -0.15) is 9.97 Å². The van der Waals surface area contributed by atoms with Crippen molar-refractivity contribution in [2.45, 2.75) is 59.2 Å². The zero-order valence-electron chi connectivity index (χ0n) is 26.2. The summed E-state index contributed by atoms with van der Waals surface area (Å²) in [5, 5.41) is 0. The van der Waals surface area contributed by atoms with Crippen LogP contribution in [0.3, 0.4) is 0 Å². The minimum Gasteiger partial charge on any atom is -0.469 e. The van der Waals surface area contributed by atoms with Crippen LogP contribution in [0.1, 0.15) is 49.8 Å². The Morgan fingerprint density at radius 1 is 0.978 bits per heavy atom. The smallest absolute Gasteiger partial charge is 0.327 e. The van der Waals surface area contributed by atoms with Gasteiger partial charge in [0, 0.05) is 38.6 Å². The summed E-state index contributed by atoms with van der Waals surface area (Å²) < 4.78 is 11.9. The predicted octanol–water partition coefficient (Wildman–Crippen LogP) is 2.93. The van der Waals surface area contributed by atoms with Crippen LogP contribution in [0.25, 0.3) is 11.2 Å². The van der Waals surface area contributed by atoms with Crippen molar-refractivity contribution in [2.75, 3.05) is 39.1 Å². The number of aromatic amines is 1. The number of methoxy groups -OCH3 is 1. The number of carbonyl (C=O) groups excluding carboxylic acids is 2. The first-order valence-electron chi connectivity index (χ1n) is 15.2. The van der Waals surface area contributed by atoms with Gasteiger partial charge in [-0.15, -0.1) is 0 Å². The lowest BCUT2D eigenvalue weighted by Crippen LogP contribution is -2.40. The molecule has 0 aliphatic heterocycles. The SMILES string of the molecule is CCCCOc1nc(N)c2[nH]c(=O)n(CCCN(Cc3ccc(CC(=O)OC)cc3)C(=O)CN(CC)Cc3ccncc3)c2n1. The van der Waals surface area contributed by atoms with Crippen LogP contribution in [0.5, 0.6) is 6.01 Å². The number of aromatic nitrogens is 5. The molecule has 0 bridgehead atoms. The molecule has 0 atom stereocenters. The number of carbonyl (C=O) groups is 2. The number of hydrogen-bond acceptors (Lipinski definition) is 10. The highest BCUT2D eigenvalue weighted by Gasteiger charge is 2.19. The van der Waals surface area contributed by atoms with E-state index >= 15 is 0 Å². The van der Waals surface area contributed by atoms with Crippen LogP contribution < -0.4 is 16.2 Å². The number of likely N-dealkylation sites (N-methyl/N-ethyl adjacent to an activating group) is 1. The summed E-state index contributed by atoms with van der Waals surface area (Å²) in [7, 11) is 1.36. The van der Waals surface area contributed by atoms with Gasteiger partial charge < -0.3 is 25.1 Å². The molecule has 4 aromatic rings. The van der Waals surface area contributed by atoms with Gasteiger partial charge in [-0.3, -0.25) is 24.0 Å². The van der Waals surface area contributed by atoms with Gasteiger partial charge in [-0.25, -0.2) is 4.79 Å². The highest BCUT2D eigenvalue weighted by Crippen LogP contribution is 2.18. The lowest BCUT2D eigenvalue weighted by molar-refractivity contribution is -0.139. The molecule has 0 aliphatic carbocycles. The number of rotatable bonds is 17. The average molecular weight is 619 g/mol. The number of esters is 1. The molecule has 3 N–H and O–H groups in total. The van der Waals surface area contributed by atoms with Gasteiger partial charge in [-0.05, 0) is 48.2 Å². The highest BCUT2D eigenvalue weighted by atomic mass is 16.5. The van der Waals surface area contributed by atoms with Crippen LogP contribution >= 0.6 is 0 Å². The maximum absolute atomic E-state index is 13.7. The molecule has 0 unspecified atom stereocenters. The third kappa shape index (κ3) is 9.35. The first kappa shape index (κ1) is 33.1. The molecule has 0 saturated heterocycles. The number of H-pyrrole nitrogens is 1. The standard InChI is InChI=1S/C32H42N8O5/c1-4-6-18-45-31-36-29(33)28-30(37-31)40(32(43)35-28)17-7-16-39(21-24-10-8-23(9-11-24)19-27(42)44-3)26(41)22-38(5-2)20-25-12-14-34-15-13-25/h8-15H,4-7,16-22H2,1-3H3,(H,35,43)(H2,33,36,37). The van der Waals surface area contributed by atoms with Crippen LogP contribution in [0, 0.1) is 0 Å². The first-order valence-corrected chi connectivity index (χ1v) is 15.2. The fourth-order valence-electron chi connectivity index (χ4n) is 4.86. The molecule has 0 saturated carbocycles. The maximum Gasteiger partial charge on any atom is 0.327 e. The molecule has 3 heterocycles. The van der Waals surface area contributed by atoms with Crippen LogP contribution in [-0.4, -0.2) is 79.5 Å². The van der Waals surface area contributed by atoms with Gasteiger partial charge in [0.2, 0.25) is 5.91 Å². The normalized spacial score (nSPS) is 11.2. The van der Waals surface area contributed by atoms with Crippen molar-refractivity contribution in [2.24, 2.45) is 0 Å². The molecule has 240 valence electrons. The molecule has 45 heavy (non-hydrogen) atoms. The number of hydrogen-bond donors (Lipinski definition) is 2. The molecule has 3 aromatic heterocycles. The molecular weight excluding hydrogens is 576 g/mol. The van der Waals surface area contributed by atoms with Crippen molar-refractivity contribution in [1.82, 2.24) is 34.3 Å². The van der Waals surface area contributed by atoms with Crippen molar-refractivity contribution in [3.8, 4) is 6.01 Å². The number of anilines is 1. The lowest BCUT2D eigenvalue weighted by Gasteiger charge is -2.27. The van der Waals surface area contributed by atoms with E-state index in [9.17, 15) is 14.4 Å². The van der Waals surface area contributed by atoms with Gasteiger partial charge in [-0.1, -0.05) is 44.5 Å². The molecule has 0 fully saturated rings. The van der Waals surface area contributed by atoms with E-state index in [4.69, 9.17) is 15.2 Å². The molecule has 13 heteroatoms. The van der Waals surface area contributed by atoms with E-state index in [-0.39, 0.29) is 42.4 Å². The largest absolute Gasteiger partial charge is 0.469 e. The molecule has 1 amide bonds. The number of nitrogens with two attached hydrogens (primary N) is 1. The van der Waals surface area contributed by atoms with Crippen LogP contribution in [-0.2, 0) is 40.4 Å². The van der Waals surface area contributed by atoms with E-state index in [1.165, 1.54) is 11.7 Å². The number of benzene rings is 1. The van der Waals surface area contributed by atoms with Crippen molar-refractivity contribution in [3.05, 3.63) is 76.0 Å². The van der Waals surface area contributed by atoms with Gasteiger partial charge in [0.25, 0.3) is 0 Å². The highest BCUT2D eigenvalue weighted by molar-refractivity contribution is 5.82. The number of nitrogens with zero attached hydrogens (tertiary/aromatic N) is 6. The minimum atomic E-state index is -0.356. The quantitative estimate of drug-likeness (QED) is 0.133. The number of amides is 1. The fraction of sp³-hybridized carbons (Fsp3) is 0.438. The molecule has 0 radical (unpaired) electrons. The van der Waals surface area contributed by atoms with Crippen LogP contribution in [0.2, 0.25) is 0 Å². The zero-order chi connectivity index (χ0) is 32.2. The first-order chi connectivity index (χ1) is 21.8. The third-order valence-electron chi connectivity index (χ3n) is 7.46. The molecule has 13 nitrogen and oxygen atoms in total. The number of pyridine rings is 1. The van der Waals surface area contributed by atoms with Gasteiger partial charge in [0.15, 0.2) is 11.5 Å². The topological polar surface area (TPSA) is 162 Å².